The molecule has 21 heavy (non-hydrogen) atoms. The smallest absolute Gasteiger partial charge is 0.222 e. The molecular weight excluding hydrogens is 276 g/mol. The largest absolute Gasteiger partial charge is 0.491 e. The van der Waals surface area contributed by atoms with Crippen molar-refractivity contribution in [1.82, 2.24) is 4.90 Å². The van der Waals surface area contributed by atoms with Gasteiger partial charge < -0.3 is 9.64 Å². The zero-order valence-electron chi connectivity index (χ0n) is 12.5. The molecule has 1 heterocycles. The van der Waals surface area contributed by atoms with Crippen molar-refractivity contribution in [3.63, 3.8) is 0 Å². The zero-order valence-corrected chi connectivity index (χ0v) is 12.5. The third kappa shape index (κ3) is 3.71. The second-order valence-corrected chi connectivity index (χ2v) is 5.44. The minimum atomic E-state index is -0.646. The van der Waals surface area contributed by atoms with E-state index in [-0.39, 0.29) is 24.2 Å². The fourth-order valence-corrected chi connectivity index (χ4v) is 2.57. The van der Waals surface area contributed by atoms with Gasteiger partial charge in [0.05, 0.1) is 6.54 Å². The number of carbonyl (C=O) groups is 1. The van der Waals surface area contributed by atoms with Gasteiger partial charge in [-0.15, -0.1) is 0 Å². The number of hydrogen-bond acceptors (Lipinski definition) is 2. The Hall–Kier alpha value is -1.65. The summed E-state index contributed by atoms with van der Waals surface area (Å²) in [5, 5.41) is 0. The Balaban J connectivity index is 2.06. The first-order valence-corrected chi connectivity index (χ1v) is 7.42. The zero-order chi connectivity index (χ0) is 15.4. The van der Waals surface area contributed by atoms with E-state index >= 15 is 0 Å². The fourth-order valence-electron chi connectivity index (χ4n) is 2.57. The highest BCUT2D eigenvalue weighted by Gasteiger charge is 2.21. The number of benzene rings is 1. The summed E-state index contributed by atoms with van der Waals surface area (Å²) in [6.45, 7) is 5.26. The van der Waals surface area contributed by atoms with Crippen LogP contribution < -0.4 is 4.74 Å². The first kappa shape index (κ1) is 15.7. The summed E-state index contributed by atoms with van der Waals surface area (Å²) in [5.74, 6) is -0.905. The molecule has 1 aromatic rings. The highest BCUT2D eigenvalue weighted by molar-refractivity contribution is 5.78. The molecule has 1 atom stereocenters. The molecule has 0 bridgehead atoms. The van der Waals surface area contributed by atoms with E-state index in [9.17, 15) is 13.6 Å². The number of carbonyl (C=O) groups excluding carboxylic acids is 1. The maximum atomic E-state index is 14.0. The van der Waals surface area contributed by atoms with Gasteiger partial charge >= 0.3 is 0 Å². The van der Waals surface area contributed by atoms with Crippen LogP contribution in [0.5, 0.6) is 5.75 Å². The third-order valence-electron chi connectivity index (χ3n) is 3.95. The summed E-state index contributed by atoms with van der Waals surface area (Å²) in [6.07, 6.45) is 2.18. The number of nitrogens with zero attached hydrogens (tertiary/aromatic N) is 1. The average Bonchev–Trinajstić information content (AvgIpc) is 2.83. The molecule has 5 heteroatoms. The molecule has 1 aliphatic rings. The van der Waals surface area contributed by atoms with Crippen molar-refractivity contribution in [1.29, 1.82) is 0 Å². The molecule has 2 rings (SSSR count). The molecule has 0 N–H and O–H groups in total. The van der Waals surface area contributed by atoms with E-state index < -0.39 is 11.6 Å². The standard InChI is InChI=1S/C16H21F2NO2/c1-3-11(2)16-13(18)9-12(17)10-14(16)21-8-7-19-6-4-5-15(19)20/h9-11H,3-8H2,1-2H3/t11-/m1/s1. The molecular formula is C16H21F2NO2. The van der Waals surface area contributed by atoms with Gasteiger partial charge in [-0.3, -0.25) is 4.79 Å². The van der Waals surface area contributed by atoms with Crippen LogP contribution >= 0.6 is 0 Å². The van der Waals surface area contributed by atoms with Crippen LogP contribution in [0, 0.1) is 11.6 Å². The van der Waals surface area contributed by atoms with Gasteiger partial charge in [-0.25, -0.2) is 8.78 Å². The van der Waals surface area contributed by atoms with Crippen molar-refractivity contribution >= 4 is 5.91 Å². The van der Waals surface area contributed by atoms with Gasteiger partial charge in [0, 0.05) is 30.7 Å². The topological polar surface area (TPSA) is 29.5 Å². The highest BCUT2D eigenvalue weighted by Crippen LogP contribution is 2.32. The van der Waals surface area contributed by atoms with E-state index in [4.69, 9.17) is 4.74 Å². The molecule has 1 aromatic carbocycles. The summed E-state index contributed by atoms with van der Waals surface area (Å²) < 4.78 is 32.9. The van der Waals surface area contributed by atoms with Gasteiger partial charge in [-0.2, -0.15) is 0 Å². The molecule has 0 saturated carbocycles. The molecule has 1 aliphatic heterocycles. The second kappa shape index (κ2) is 6.87. The van der Waals surface area contributed by atoms with Crippen molar-refractivity contribution in [2.24, 2.45) is 0 Å². The van der Waals surface area contributed by atoms with Gasteiger partial charge in [0.15, 0.2) is 0 Å². The van der Waals surface area contributed by atoms with Crippen LogP contribution in [0.4, 0.5) is 8.78 Å². The number of rotatable bonds is 6. The lowest BCUT2D eigenvalue weighted by Gasteiger charge is -2.19. The van der Waals surface area contributed by atoms with Gasteiger partial charge in [0.1, 0.15) is 24.0 Å². The molecule has 0 radical (unpaired) electrons. The van der Waals surface area contributed by atoms with Crippen molar-refractivity contribution in [2.75, 3.05) is 19.7 Å². The number of ether oxygens (including phenoxy) is 1. The first-order chi connectivity index (χ1) is 10.0. The summed E-state index contributed by atoms with van der Waals surface area (Å²) >= 11 is 0. The summed E-state index contributed by atoms with van der Waals surface area (Å²) in [4.78, 5) is 13.2. The molecule has 116 valence electrons. The van der Waals surface area contributed by atoms with Crippen LogP contribution in [0.2, 0.25) is 0 Å². The Morgan fingerprint density at radius 2 is 2.14 bits per heavy atom. The maximum Gasteiger partial charge on any atom is 0.222 e. The SMILES string of the molecule is CC[C@@H](C)c1c(F)cc(F)cc1OCCN1CCCC1=O. The van der Waals surface area contributed by atoms with E-state index in [0.29, 0.717) is 18.5 Å². The van der Waals surface area contributed by atoms with E-state index in [2.05, 4.69) is 0 Å². The summed E-state index contributed by atoms with van der Waals surface area (Å²) in [5.41, 5.74) is 0.409. The lowest BCUT2D eigenvalue weighted by Crippen LogP contribution is -2.29. The quantitative estimate of drug-likeness (QED) is 0.804. The monoisotopic (exact) mass is 297 g/mol. The van der Waals surface area contributed by atoms with Crippen LogP contribution in [0.3, 0.4) is 0 Å². The lowest BCUT2D eigenvalue weighted by atomic mass is 9.97. The second-order valence-electron chi connectivity index (χ2n) is 5.44. The molecule has 1 amide bonds. The van der Waals surface area contributed by atoms with Crippen LogP contribution in [-0.2, 0) is 4.79 Å². The molecule has 0 aromatic heterocycles. The number of likely N-dealkylation sites (tertiary alicyclic amines) is 1. The highest BCUT2D eigenvalue weighted by atomic mass is 19.1. The molecule has 0 unspecified atom stereocenters. The molecule has 0 aliphatic carbocycles. The van der Waals surface area contributed by atoms with Gasteiger partial charge in [-0.1, -0.05) is 13.8 Å². The maximum absolute atomic E-state index is 14.0. The normalized spacial score (nSPS) is 16.4. The molecule has 1 saturated heterocycles. The van der Waals surface area contributed by atoms with Crippen molar-refractivity contribution in [3.05, 3.63) is 29.3 Å². The average molecular weight is 297 g/mol. The Kier molecular flexibility index (Phi) is 5.15. The first-order valence-electron chi connectivity index (χ1n) is 7.42. The van der Waals surface area contributed by atoms with Crippen LogP contribution in [0.15, 0.2) is 12.1 Å². The van der Waals surface area contributed by atoms with Crippen LogP contribution in [0.1, 0.15) is 44.6 Å². The number of halogens is 2. The number of hydrogen-bond donors (Lipinski definition) is 0. The van der Waals surface area contributed by atoms with Gasteiger partial charge in [-0.05, 0) is 18.8 Å². The fraction of sp³-hybridized carbons (Fsp3) is 0.562. The van der Waals surface area contributed by atoms with E-state index in [1.165, 1.54) is 6.07 Å². The van der Waals surface area contributed by atoms with Crippen molar-refractivity contribution in [3.8, 4) is 5.75 Å². The Labute approximate surface area is 123 Å². The predicted molar refractivity (Wildman–Crippen MR) is 76.4 cm³/mol. The Bertz CT molecular complexity index is 519. The van der Waals surface area contributed by atoms with Gasteiger partial charge in [0.2, 0.25) is 5.91 Å². The molecule has 3 nitrogen and oxygen atoms in total. The predicted octanol–water partition coefficient (Wildman–Crippen LogP) is 3.48. The summed E-state index contributed by atoms with van der Waals surface area (Å²) in [7, 11) is 0. The van der Waals surface area contributed by atoms with E-state index in [0.717, 1.165) is 25.5 Å². The van der Waals surface area contributed by atoms with Crippen LogP contribution in [-0.4, -0.2) is 30.5 Å². The van der Waals surface area contributed by atoms with Crippen LogP contribution in [0.25, 0.3) is 0 Å². The van der Waals surface area contributed by atoms with Crippen molar-refractivity contribution in [2.45, 2.75) is 39.0 Å². The number of amides is 1. The van der Waals surface area contributed by atoms with Gasteiger partial charge in [0.25, 0.3) is 0 Å². The summed E-state index contributed by atoms with van der Waals surface area (Å²) in [6, 6.07) is 2.11. The van der Waals surface area contributed by atoms with E-state index in [1.807, 2.05) is 13.8 Å². The molecule has 0 spiro atoms. The Morgan fingerprint density at radius 1 is 1.38 bits per heavy atom. The molecule has 1 fully saturated rings. The minimum absolute atomic E-state index is 0.0472. The van der Waals surface area contributed by atoms with E-state index in [1.54, 1.807) is 4.90 Å². The lowest BCUT2D eigenvalue weighted by molar-refractivity contribution is -0.128. The third-order valence-corrected chi connectivity index (χ3v) is 3.95. The minimum Gasteiger partial charge on any atom is -0.491 e. The van der Waals surface area contributed by atoms with Crippen molar-refractivity contribution < 1.29 is 18.3 Å². The Morgan fingerprint density at radius 3 is 2.76 bits per heavy atom.